The van der Waals surface area contributed by atoms with E-state index in [-0.39, 0.29) is 27.6 Å². The second kappa shape index (κ2) is 10.4. The number of hydrogen-bond acceptors (Lipinski definition) is 5. The second-order valence-corrected chi connectivity index (χ2v) is 10.8. The van der Waals surface area contributed by atoms with Gasteiger partial charge in [-0.1, -0.05) is 60.7 Å². The maximum absolute atomic E-state index is 14.3. The average molecular weight is 535 g/mol. The number of carbonyl (C=O) groups excluding carboxylic acids is 2. The molecule has 2 aliphatic heterocycles. The molecule has 0 saturated carbocycles. The SMILES string of the molecule is O=C(Nc1ccc(C(=O)[N+]23CCSCC2=CNC=C2CC=CC=C23)c(O)c1)c1ccccc1-c1ccccc1. The highest BCUT2D eigenvalue weighted by Crippen LogP contribution is 2.42. The first-order chi connectivity index (χ1) is 19.1. The van der Waals surface area contributed by atoms with Gasteiger partial charge >= 0.3 is 5.91 Å². The zero-order valence-corrected chi connectivity index (χ0v) is 22.1. The van der Waals surface area contributed by atoms with E-state index in [0.717, 1.165) is 46.0 Å². The molecule has 2 heterocycles. The number of nitrogens with one attached hydrogen (secondary N) is 2. The third kappa shape index (κ3) is 4.50. The molecule has 6 rings (SSSR count). The van der Waals surface area contributed by atoms with Gasteiger partial charge in [-0.25, -0.2) is 4.79 Å². The Bertz CT molecular complexity index is 1590. The highest BCUT2D eigenvalue weighted by Gasteiger charge is 2.50. The Morgan fingerprint density at radius 3 is 2.62 bits per heavy atom. The standard InChI is InChI=1S/C32H27N3O3S/c36-30-18-24(34-31(37)27-12-6-5-11-26(27)22-8-2-1-3-9-22)14-15-28(30)32(38)35-16-17-39-21-25(35)20-33-19-23-10-4-7-13-29(23)35/h1-9,11-15,18-20,33H,10,16-17,21H2,(H-,34,36,37,38)/p+1. The number of hydrogen-bond donors (Lipinski definition) is 3. The molecule has 2 amide bonds. The van der Waals surface area contributed by atoms with Crippen molar-refractivity contribution in [2.45, 2.75) is 6.42 Å². The van der Waals surface area contributed by atoms with Crippen molar-refractivity contribution in [3.05, 3.63) is 132 Å². The topological polar surface area (TPSA) is 78.4 Å². The number of amides is 2. The minimum Gasteiger partial charge on any atom is -0.507 e. The van der Waals surface area contributed by atoms with Gasteiger partial charge in [0, 0.05) is 40.9 Å². The van der Waals surface area contributed by atoms with E-state index in [9.17, 15) is 14.7 Å². The molecule has 1 fully saturated rings. The summed E-state index contributed by atoms with van der Waals surface area (Å²) in [5.74, 6) is 0.918. The smallest absolute Gasteiger partial charge is 0.359 e. The summed E-state index contributed by atoms with van der Waals surface area (Å²) >= 11 is 1.80. The predicted molar refractivity (Wildman–Crippen MR) is 156 cm³/mol. The van der Waals surface area contributed by atoms with Crippen molar-refractivity contribution in [2.75, 3.05) is 23.4 Å². The summed E-state index contributed by atoms with van der Waals surface area (Å²) in [6.07, 6.45) is 10.7. The number of benzene rings is 3. The Labute approximate surface area is 231 Å². The molecule has 0 bridgehead atoms. The Hall–Kier alpha value is -4.33. The van der Waals surface area contributed by atoms with Crippen LogP contribution in [-0.4, -0.2) is 39.5 Å². The number of anilines is 1. The quantitative estimate of drug-likeness (QED) is 0.348. The molecule has 0 radical (unpaired) electrons. The van der Waals surface area contributed by atoms with E-state index in [1.165, 1.54) is 6.07 Å². The highest BCUT2D eigenvalue weighted by molar-refractivity contribution is 7.99. The van der Waals surface area contributed by atoms with Gasteiger partial charge < -0.3 is 15.7 Å². The number of fused-ring (bicyclic) bond motifs is 3. The number of allylic oxidation sites excluding steroid dienone is 4. The number of phenols is 1. The largest absolute Gasteiger partial charge is 0.507 e. The van der Waals surface area contributed by atoms with Crippen LogP contribution in [0.25, 0.3) is 11.1 Å². The van der Waals surface area contributed by atoms with E-state index in [2.05, 4.69) is 16.7 Å². The van der Waals surface area contributed by atoms with Crippen LogP contribution in [0.3, 0.4) is 0 Å². The monoisotopic (exact) mass is 534 g/mol. The first-order valence-corrected chi connectivity index (χ1v) is 14.1. The number of thioether (sulfide) groups is 1. The molecule has 194 valence electrons. The number of carbonyl (C=O) groups is 2. The molecule has 0 aromatic heterocycles. The second-order valence-electron chi connectivity index (χ2n) is 9.64. The summed E-state index contributed by atoms with van der Waals surface area (Å²) in [7, 11) is 0. The third-order valence-corrected chi connectivity index (χ3v) is 8.35. The maximum atomic E-state index is 14.3. The van der Waals surface area contributed by atoms with E-state index in [4.69, 9.17) is 0 Å². The Kier molecular flexibility index (Phi) is 6.69. The zero-order chi connectivity index (χ0) is 26.8. The summed E-state index contributed by atoms with van der Waals surface area (Å²) in [5.41, 5.74) is 5.88. The molecule has 3 aromatic rings. The van der Waals surface area contributed by atoms with Gasteiger partial charge in [-0.2, -0.15) is 4.48 Å². The average Bonchev–Trinajstić information content (AvgIpc) is 3.15. The van der Waals surface area contributed by atoms with E-state index >= 15 is 0 Å². The van der Waals surface area contributed by atoms with Gasteiger partial charge in [0.05, 0.1) is 12.0 Å². The lowest BCUT2D eigenvalue weighted by Crippen LogP contribution is -2.55. The fourth-order valence-electron chi connectivity index (χ4n) is 5.45. The summed E-state index contributed by atoms with van der Waals surface area (Å²) in [6.45, 7) is 0.599. The fourth-order valence-corrected chi connectivity index (χ4v) is 6.51. The van der Waals surface area contributed by atoms with Crippen LogP contribution in [0.4, 0.5) is 5.69 Å². The van der Waals surface area contributed by atoms with E-state index < -0.39 is 0 Å². The van der Waals surface area contributed by atoms with Gasteiger partial charge in [0.2, 0.25) is 0 Å². The van der Waals surface area contributed by atoms with Crippen LogP contribution in [0.2, 0.25) is 0 Å². The van der Waals surface area contributed by atoms with Crippen molar-refractivity contribution in [3.8, 4) is 16.9 Å². The number of aromatic hydroxyl groups is 1. The van der Waals surface area contributed by atoms with Crippen molar-refractivity contribution in [2.24, 2.45) is 0 Å². The molecular formula is C32H28N3O3S+. The minimum atomic E-state index is -0.291. The lowest BCUT2D eigenvalue weighted by Gasteiger charge is -2.41. The Balaban J connectivity index is 1.31. The van der Waals surface area contributed by atoms with Gasteiger partial charge in [0.15, 0.2) is 5.70 Å². The molecule has 7 heteroatoms. The van der Waals surface area contributed by atoms with Crippen molar-refractivity contribution in [1.82, 2.24) is 5.32 Å². The van der Waals surface area contributed by atoms with Gasteiger partial charge in [0.1, 0.15) is 23.6 Å². The minimum absolute atomic E-state index is 0.0554. The summed E-state index contributed by atoms with van der Waals surface area (Å²) in [4.78, 5) is 27.6. The molecule has 0 spiro atoms. The Morgan fingerprint density at radius 1 is 0.949 bits per heavy atom. The highest BCUT2D eigenvalue weighted by atomic mass is 32.2. The molecule has 1 aliphatic carbocycles. The molecular weight excluding hydrogens is 506 g/mol. The van der Waals surface area contributed by atoms with Crippen LogP contribution in [0, 0.1) is 0 Å². The van der Waals surface area contributed by atoms with Crippen molar-refractivity contribution in [3.63, 3.8) is 0 Å². The molecule has 39 heavy (non-hydrogen) atoms. The molecule has 3 N–H and O–H groups in total. The van der Waals surface area contributed by atoms with Crippen LogP contribution < -0.4 is 10.6 Å². The molecule has 3 aromatic carbocycles. The van der Waals surface area contributed by atoms with E-state index in [1.54, 1.807) is 30.0 Å². The van der Waals surface area contributed by atoms with Gasteiger partial charge in [-0.3, -0.25) is 4.79 Å². The lowest BCUT2D eigenvalue weighted by atomic mass is 9.98. The van der Waals surface area contributed by atoms with Crippen LogP contribution in [-0.2, 0) is 0 Å². The number of phenolic OH excluding ortho intramolecular Hbond substituents is 1. The van der Waals surface area contributed by atoms with Crippen LogP contribution in [0.5, 0.6) is 5.75 Å². The molecule has 3 aliphatic rings. The third-order valence-electron chi connectivity index (χ3n) is 7.38. The number of quaternary nitrogens is 1. The van der Waals surface area contributed by atoms with E-state index in [1.807, 2.05) is 73.1 Å². The normalized spacial score (nSPS) is 19.7. The summed E-state index contributed by atoms with van der Waals surface area (Å²) in [6, 6.07) is 21.9. The molecule has 1 atom stereocenters. The number of rotatable bonds is 4. The first kappa shape index (κ1) is 25.0. The fraction of sp³-hybridized carbons (Fsp3) is 0.125. The zero-order valence-electron chi connectivity index (χ0n) is 21.3. The molecule has 1 saturated heterocycles. The number of nitrogens with zero attached hydrogens (tertiary/aromatic N) is 1. The van der Waals surface area contributed by atoms with Crippen molar-refractivity contribution in [1.29, 1.82) is 0 Å². The lowest BCUT2D eigenvalue weighted by molar-refractivity contribution is -0.766. The van der Waals surface area contributed by atoms with Gasteiger partial charge in [-0.15, -0.1) is 11.8 Å². The van der Waals surface area contributed by atoms with Gasteiger partial charge in [0.25, 0.3) is 5.91 Å². The van der Waals surface area contributed by atoms with Crippen LogP contribution in [0.15, 0.2) is 120 Å². The van der Waals surface area contributed by atoms with Crippen molar-refractivity contribution < 1.29 is 19.2 Å². The Morgan fingerprint density at radius 2 is 1.77 bits per heavy atom. The van der Waals surface area contributed by atoms with Crippen molar-refractivity contribution >= 4 is 29.3 Å². The summed E-state index contributed by atoms with van der Waals surface area (Å²) in [5, 5.41) is 17.3. The first-order valence-electron chi connectivity index (χ1n) is 12.9. The van der Waals surface area contributed by atoms with Crippen LogP contribution in [0.1, 0.15) is 27.1 Å². The maximum Gasteiger partial charge on any atom is 0.359 e. The van der Waals surface area contributed by atoms with Gasteiger partial charge in [-0.05, 0) is 35.7 Å². The summed E-state index contributed by atoms with van der Waals surface area (Å²) < 4.78 is 0.0554. The van der Waals surface area contributed by atoms with Crippen LogP contribution >= 0.6 is 11.8 Å². The van der Waals surface area contributed by atoms with E-state index in [0.29, 0.717) is 17.8 Å². The molecule has 6 nitrogen and oxygen atoms in total. The predicted octanol–water partition coefficient (Wildman–Crippen LogP) is 6.19. The molecule has 1 unspecified atom stereocenters.